The molecule has 0 bridgehead atoms. The number of Topliss-reactive ketones (excluding diaryl/α,β-unsaturated/α-hetero) is 1. The third kappa shape index (κ3) is 3.89. The molecule has 1 atom stereocenters. The molecule has 1 aliphatic rings. The zero-order chi connectivity index (χ0) is 12.0. The molecule has 0 unspecified atom stereocenters. The van der Waals surface area contributed by atoms with Crippen molar-refractivity contribution < 1.29 is 4.79 Å². The van der Waals surface area contributed by atoms with Crippen LogP contribution >= 0.6 is 0 Å². The monoisotopic (exact) mass is 225 g/mol. The molecule has 0 aromatic rings. The number of ketones is 1. The van der Waals surface area contributed by atoms with Gasteiger partial charge < -0.3 is 5.32 Å². The summed E-state index contributed by atoms with van der Waals surface area (Å²) in [5.74, 6) is 0.425. The Balaban J connectivity index is 2.19. The molecule has 2 heteroatoms. The summed E-state index contributed by atoms with van der Waals surface area (Å²) in [4.78, 5) is 12.1. The summed E-state index contributed by atoms with van der Waals surface area (Å²) in [5.41, 5.74) is -0.121. The Morgan fingerprint density at radius 2 is 1.88 bits per heavy atom. The molecule has 0 aromatic carbocycles. The van der Waals surface area contributed by atoms with Crippen LogP contribution in [0.5, 0.6) is 0 Å². The molecule has 0 aliphatic carbocycles. The molecule has 0 aromatic heterocycles. The van der Waals surface area contributed by atoms with Crippen LogP contribution in [0.25, 0.3) is 0 Å². The van der Waals surface area contributed by atoms with Crippen LogP contribution < -0.4 is 5.32 Å². The molecule has 1 aliphatic heterocycles. The van der Waals surface area contributed by atoms with E-state index in [0.29, 0.717) is 5.78 Å². The lowest BCUT2D eigenvalue weighted by Crippen LogP contribution is -2.52. The topological polar surface area (TPSA) is 29.1 Å². The average molecular weight is 225 g/mol. The van der Waals surface area contributed by atoms with Crippen LogP contribution in [0.2, 0.25) is 0 Å². The number of carbonyl (C=O) groups excluding carboxylic acids is 1. The van der Waals surface area contributed by atoms with E-state index >= 15 is 0 Å². The molecule has 0 radical (unpaired) electrons. The van der Waals surface area contributed by atoms with E-state index in [1.54, 1.807) is 0 Å². The summed E-state index contributed by atoms with van der Waals surface area (Å²) in [6.45, 7) is 7.46. The van der Waals surface area contributed by atoms with E-state index < -0.39 is 0 Å². The molecule has 1 fully saturated rings. The smallest absolute Gasteiger partial charge is 0.155 e. The van der Waals surface area contributed by atoms with Crippen LogP contribution in [-0.2, 0) is 4.79 Å². The molecular formula is C14H27NO. The third-order valence-electron chi connectivity index (χ3n) is 3.71. The first-order valence-electron chi connectivity index (χ1n) is 6.85. The highest BCUT2D eigenvalue weighted by molar-refractivity contribution is 5.89. The van der Waals surface area contributed by atoms with E-state index in [1.807, 2.05) is 0 Å². The van der Waals surface area contributed by atoms with Crippen molar-refractivity contribution in [3.63, 3.8) is 0 Å². The van der Waals surface area contributed by atoms with Crippen molar-refractivity contribution in [3.05, 3.63) is 0 Å². The first kappa shape index (κ1) is 13.7. The second-order valence-corrected chi connectivity index (χ2v) is 5.71. The van der Waals surface area contributed by atoms with Gasteiger partial charge in [-0.25, -0.2) is 0 Å². The van der Waals surface area contributed by atoms with Crippen molar-refractivity contribution in [2.45, 2.75) is 71.8 Å². The quantitative estimate of drug-likeness (QED) is 0.642. The van der Waals surface area contributed by atoms with Crippen molar-refractivity contribution >= 4 is 5.78 Å². The fourth-order valence-electron chi connectivity index (χ4n) is 2.28. The van der Waals surface area contributed by atoms with Gasteiger partial charge in [0.05, 0.1) is 6.04 Å². The van der Waals surface area contributed by atoms with Gasteiger partial charge in [0.25, 0.3) is 0 Å². The molecule has 1 saturated heterocycles. The Kier molecular flexibility index (Phi) is 5.47. The van der Waals surface area contributed by atoms with E-state index in [-0.39, 0.29) is 11.5 Å². The number of hydrogen-bond acceptors (Lipinski definition) is 2. The fraction of sp³-hybridized carbons (Fsp3) is 0.929. The lowest BCUT2D eigenvalue weighted by Gasteiger charge is -2.34. The predicted octanol–water partition coefficient (Wildman–Crippen LogP) is 3.30. The maximum atomic E-state index is 12.1. The number of carbonyl (C=O) groups is 1. The van der Waals surface area contributed by atoms with Gasteiger partial charge in [-0.15, -0.1) is 0 Å². The zero-order valence-corrected chi connectivity index (χ0v) is 11.1. The lowest BCUT2D eigenvalue weighted by atomic mass is 9.77. The number of hydrogen-bond donors (Lipinski definition) is 1. The standard InChI is InChI=1S/C14H27NO/c1-4-5-6-7-8-10-14(2,3)13(16)12-9-11-15-12/h12,15H,4-11H2,1-3H3/t12-/m1/s1. The summed E-state index contributed by atoms with van der Waals surface area (Å²) < 4.78 is 0. The lowest BCUT2D eigenvalue weighted by molar-refractivity contribution is -0.131. The van der Waals surface area contributed by atoms with Gasteiger partial charge in [0.1, 0.15) is 0 Å². The van der Waals surface area contributed by atoms with Gasteiger partial charge in [-0.1, -0.05) is 52.9 Å². The van der Waals surface area contributed by atoms with E-state index in [0.717, 1.165) is 19.4 Å². The highest BCUT2D eigenvalue weighted by Crippen LogP contribution is 2.28. The largest absolute Gasteiger partial charge is 0.307 e. The van der Waals surface area contributed by atoms with Crippen molar-refractivity contribution in [2.24, 2.45) is 5.41 Å². The SMILES string of the molecule is CCCCCCCC(C)(C)C(=O)[C@H]1CCN1. The molecule has 16 heavy (non-hydrogen) atoms. The first-order valence-corrected chi connectivity index (χ1v) is 6.85. The Morgan fingerprint density at radius 3 is 2.38 bits per heavy atom. The summed E-state index contributed by atoms with van der Waals surface area (Å²) in [6.07, 6.45) is 8.51. The van der Waals surface area contributed by atoms with Crippen LogP contribution in [0, 0.1) is 5.41 Å². The van der Waals surface area contributed by atoms with Gasteiger partial charge in [-0.2, -0.15) is 0 Å². The normalized spacial score (nSPS) is 20.6. The van der Waals surface area contributed by atoms with Crippen LogP contribution in [0.1, 0.15) is 65.7 Å². The summed E-state index contributed by atoms with van der Waals surface area (Å²) >= 11 is 0. The maximum absolute atomic E-state index is 12.1. The Hall–Kier alpha value is -0.370. The number of unbranched alkanes of at least 4 members (excludes halogenated alkanes) is 4. The van der Waals surface area contributed by atoms with Crippen molar-refractivity contribution in [1.82, 2.24) is 5.32 Å². The molecule has 2 nitrogen and oxygen atoms in total. The molecule has 1 N–H and O–H groups in total. The van der Waals surface area contributed by atoms with Crippen LogP contribution in [0.4, 0.5) is 0 Å². The van der Waals surface area contributed by atoms with E-state index in [2.05, 4.69) is 26.1 Å². The van der Waals surface area contributed by atoms with Gasteiger partial charge in [-0.05, 0) is 19.4 Å². The third-order valence-corrected chi connectivity index (χ3v) is 3.71. The van der Waals surface area contributed by atoms with Gasteiger partial charge in [0.15, 0.2) is 5.78 Å². The van der Waals surface area contributed by atoms with E-state index in [4.69, 9.17) is 0 Å². The van der Waals surface area contributed by atoms with E-state index in [9.17, 15) is 4.79 Å². The second kappa shape index (κ2) is 6.39. The maximum Gasteiger partial charge on any atom is 0.155 e. The minimum absolute atomic E-state index is 0.121. The van der Waals surface area contributed by atoms with E-state index in [1.165, 1.54) is 32.1 Å². The van der Waals surface area contributed by atoms with Crippen LogP contribution in [0.3, 0.4) is 0 Å². The van der Waals surface area contributed by atoms with Crippen LogP contribution in [-0.4, -0.2) is 18.4 Å². The molecule has 0 spiro atoms. The highest BCUT2D eigenvalue weighted by atomic mass is 16.1. The molecule has 94 valence electrons. The number of rotatable bonds is 8. The Labute approximate surface area is 100 Å². The molecule has 0 saturated carbocycles. The summed E-state index contributed by atoms with van der Waals surface area (Å²) in [5, 5.41) is 3.21. The Bertz CT molecular complexity index is 219. The Morgan fingerprint density at radius 1 is 1.25 bits per heavy atom. The minimum Gasteiger partial charge on any atom is -0.307 e. The molecular weight excluding hydrogens is 198 g/mol. The molecule has 0 amide bonds. The minimum atomic E-state index is -0.121. The zero-order valence-electron chi connectivity index (χ0n) is 11.1. The van der Waals surface area contributed by atoms with Gasteiger partial charge in [0.2, 0.25) is 0 Å². The molecule has 1 rings (SSSR count). The van der Waals surface area contributed by atoms with Gasteiger partial charge in [0, 0.05) is 5.41 Å². The number of nitrogens with one attached hydrogen (secondary N) is 1. The summed E-state index contributed by atoms with van der Waals surface area (Å²) in [6, 6.07) is 0.158. The van der Waals surface area contributed by atoms with Gasteiger partial charge in [-0.3, -0.25) is 4.79 Å². The second-order valence-electron chi connectivity index (χ2n) is 5.71. The summed E-state index contributed by atoms with van der Waals surface area (Å²) in [7, 11) is 0. The van der Waals surface area contributed by atoms with Crippen molar-refractivity contribution in [2.75, 3.05) is 6.54 Å². The predicted molar refractivity (Wildman–Crippen MR) is 68.6 cm³/mol. The highest BCUT2D eigenvalue weighted by Gasteiger charge is 2.35. The van der Waals surface area contributed by atoms with Crippen molar-refractivity contribution in [1.29, 1.82) is 0 Å². The van der Waals surface area contributed by atoms with Crippen LogP contribution in [0.15, 0.2) is 0 Å². The first-order chi connectivity index (χ1) is 7.58. The molecule has 1 heterocycles. The fourth-order valence-corrected chi connectivity index (χ4v) is 2.28. The van der Waals surface area contributed by atoms with Gasteiger partial charge >= 0.3 is 0 Å². The van der Waals surface area contributed by atoms with Crippen molar-refractivity contribution in [3.8, 4) is 0 Å². The average Bonchev–Trinajstić information content (AvgIpc) is 2.14.